The summed E-state index contributed by atoms with van der Waals surface area (Å²) < 4.78 is 11.3. The molecule has 3 rings (SSSR count). The van der Waals surface area contributed by atoms with Crippen LogP contribution >= 0.6 is 0 Å². The molecule has 2 fully saturated rings. The van der Waals surface area contributed by atoms with Crippen LogP contribution < -0.4 is 4.74 Å². The van der Waals surface area contributed by atoms with E-state index < -0.39 is 17.7 Å². The predicted molar refractivity (Wildman–Crippen MR) is 98.2 cm³/mol. The number of hydrogen-bond acceptors (Lipinski definition) is 6. The molecule has 0 radical (unpaired) electrons. The summed E-state index contributed by atoms with van der Waals surface area (Å²) in [7, 11) is 0. The number of piperidine rings is 1. The highest BCUT2D eigenvalue weighted by Crippen LogP contribution is 2.24. The molecular weight excluding hydrogens is 348 g/mol. The lowest BCUT2D eigenvalue weighted by atomic mass is 10.1. The first-order chi connectivity index (χ1) is 12.8. The van der Waals surface area contributed by atoms with Crippen molar-refractivity contribution in [3.8, 4) is 5.88 Å². The fourth-order valence-corrected chi connectivity index (χ4v) is 3.53. The largest absolute Gasteiger partial charge is 0.471 e. The first kappa shape index (κ1) is 19.4. The van der Waals surface area contributed by atoms with Crippen molar-refractivity contribution in [1.29, 1.82) is 0 Å². The molecule has 2 unspecified atom stereocenters. The molecule has 0 N–H and O–H groups in total. The average Bonchev–Trinajstić information content (AvgIpc) is 3.11. The zero-order valence-electron chi connectivity index (χ0n) is 16.3. The summed E-state index contributed by atoms with van der Waals surface area (Å²) in [5.41, 5.74) is -0.575. The van der Waals surface area contributed by atoms with Crippen molar-refractivity contribution in [2.24, 2.45) is 0 Å². The van der Waals surface area contributed by atoms with Gasteiger partial charge in [0.05, 0.1) is 6.54 Å². The van der Waals surface area contributed by atoms with Crippen LogP contribution in [0.2, 0.25) is 0 Å². The maximum absolute atomic E-state index is 13.1. The van der Waals surface area contributed by atoms with Crippen LogP contribution in [-0.2, 0) is 9.53 Å². The van der Waals surface area contributed by atoms with Crippen LogP contribution in [-0.4, -0.2) is 69.4 Å². The van der Waals surface area contributed by atoms with Crippen LogP contribution in [0.1, 0.15) is 46.5 Å². The molecule has 1 aromatic rings. The molecule has 2 amide bonds. The first-order valence-electron chi connectivity index (χ1n) is 9.56. The van der Waals surface area contributed by atoms with Gasteiger partial charge in [-0.2, -0.15) is 5.10 Å². The third-order valence-corrected chi connectivity index (χ3v) is 4.69. The highest BCUT2D eigenvalue weighted by atomic mass is 16.6. The van der Waals surface area contributed by atoms with Gasteiger partial charge in [0.25, 0.3) is 0 Å². The topological polar surface area (TPSA) is 84.9 Å². The molecule has 1 aromatic heterocycles. The van der Waals surface area contributed by atoms with Gasteiger partial charge in [0, 0.05) is 25.4 Å². The van der Waals surface area contributed by atoms with E-state index in [1.165, 1.54) is 0 Å². The number of carbonyl (C=O) groups is 2. The Labute approximate surface area is 159 Å². The Morgan fingerprint density at radius 2 is 1.96 bits per heavy atom. The second-order valence-electron chi connectivity index (χ2n) is 8.06. The van der Waals surface area contributed by atoms with Gasteiger partial charge >= 0.3 is 6.09 Å². The molecule has 0 saturated carbocycles. The molecule has 3 heterocycles. The lowest BCUT2D eigenvalue weighted by Gasteiger charge is -2.36. The Hall–Kier alpha value is -2.38. The molecule has 0 aromatic carbocycles. The molecule has 2 aliphatic heterocycles. The minimum Gasteiger partial charge on any atom is -0.471 e. The smallest absolute Gasteiger partial charge is 0.410 e. The van der Waals surface area contributed by atoms with Gasteiger partial charge < -0.3 is 14.4 Å². The normalized spacial score (nSPS) is 23.2. The highest BCUT2D eigenvalue weighted by molar-refractivity contribution is 5.86. The molecule has 0 spiro atoms. The molecular formula is C19H28N4O4. The van der Waals surface area contributed by atoms with Crippen LogP contribution in [0.15, 0.2) is 18.3 Å². The molecule has 0 aliphatic carbocycles. The van der Waals surface area contributed by atoms with Gasteiger partial charge in [0.1, 0.15) is 17.7 Å². The zero-order valence-corrected chi connectivity index (χ0v) is 16.3. The van der Waals surface area contributed by atoms with E-state index in [-0.39, 0.29) is 12.0 Å². The van der Waals surface area contributed by atoms with E-state index in [4.69, 9.17) is 9.47 Å². The monoisotopic (exact) mass is 376 g/mol. The van der Waals surface area contributed by atoms with Crippen LogP contribution in [0.3, 0.4) is 0 Å². The second kappa shape index (κ2) is 8.10. The minimum atomic E-state index is -0.575. The third kappa shape index (κ3) is 5.08. The van der Waals surface area contributed by atoms with Gasteiger partial charge in [0.2, 0.25) is 11.8 Å². The highest BCUT2D eigenvalue weighted by Gasteiger charge is 2.39. The van der Waals surface area contributed by atoms with Crippen molar-refractivity contribution < 1.29 is 19.1 Å². The van der Waals surface area contributed by atoms with Crippen LogP contribution in [0.25, 0.3) is 0 Å². The fourth-order valence-electron chi connectivity index (χ4n) is 3.53. The van der Waals surface area contributed by atoms with Gasteiger partial charge in [-0.05, 0) is 52.5 Å². The number of ether oxygens (including phenoxy) is 2. The van der Waals surface area contributed by atoms with E-state index in [1.54, 1.807) is 28.1 Å². The minimum absolute atomic E-state index is 0.0224. The summed E-state index contributed by atoms with van der Waals surface area (Å²) in [5.74, 6) is 0.443. The maximum atomic E-state index is 13.1. The number of hydrogen-bond donors (Lipinski definition) is 0. The van der Waals surface area contributed by atoms with Gasteiger partial charge in [-0.1, -0.05) is 0 Å². The number of likely N-dealkylation sites (tertiary alicyclic amines) is 2. The number of rotatable bonds is 3. The first-order valence-corrected chi connectivity index (χ1v) is 9.56. The van der Waals surface area contributed by atoms with Gasteiger partial charge in [-0.25, -0.2) is 4.79 Å². The summed E-state index contributed by atoms with van der Waals surface area (Å²) >= 11 is 0. The lowest BCUT2D eigenvalue weighted by Crippen LogP contribution is -2.53. The number of nitrogens with zero attached hydrogens (tertiary/aromatic N) is 4. The summed E-state index contributed by atoms with van der Waals surface area (Å²) in [6.45, 7) is 7.22. The molecule has 0 bridgehead atoms. The SMILES string of the molecule is CC(C)(C)OC(=O)N1CCCC1C(=O)N1CCCC(Oc2cccnn2)C1. The Balaban J connectivity index is 1.61. The van der Waals surface area contributed by atoms with Crippen molar-refractivity contribution in [3.63, 3.8) is 0 Å². The quantitative estimate of drug-likeness (QED) is 0.804. The lowest BCUT2D eigenvalue weighted by molar-refractivity contribution is -0.138. The summed E-state index contributed by atoms with van der Waals surface area (Å²) in [4.78, 5) is 28.9. The van der Waals surface area contributed by atoms with E-state index in [9.17, 15) is 9.59 Å². The second-order valence-corrected chi connectivity index (χ2v) is 8.06. The van der Waals surface area contributed by atoms with Crippen molar-refractivity contribution in [3.05, 3.63) is 18.3 Å². The number of amides is 2. The molecule has 2 atom stereocenters. The van der Waals surface area contributed by atoms with E-state index in [2.05, 4.69) is 10.2 Å². The van der Waals surface area contributed by atoms with E-state index in [0.717, 1.165) is 19.3 Å². The molecule has 27 heavy (non-hydrogen) atoms. The Morgan fingerprint density at radius 1 is 1.19 bits per heavy atom. The standard InChI is InChI=1S/C19H28N4O4/c1-19(2,3)27-18(25)23-12-6-8-15(23)17(24)22-11-5-7-14(13-22)26-16-9-4-10-20-21-16/h4,9-10,14-15H,5-8,11-13H2,1-3H3. The maximum Gasteiger partial charge on any atom is 0.410 e. The summed E-state index contributed by atoms with van der Waals surface area (Å²) in [5, 5.41) is 7.76. The van der Waals surface area contributed by atoms with Crippen molar-refractivity contribution in [2.75, 3.05) is 19.6 Å². The van der Waals surface area contributed by atoms with E-state index in [1.807, 2.05) is 20.8 Å². The third-order valence-electron chi connectivity index (χ3n) is 4.69. The Morgan fingerprint density at radius 3 is 2.67 bits per heavy atom. The number of aromatic nitrogens is 2. The Kier molecular flexibility index (Phi) is 5.82. The van der Waals surface area contributed by atoms with Gasteiger partial charge in [0.15, 0.2) is 0 Å². The molecule has 8 heteroatoms. The summed E-state index contributed by atoms with van der Waals surface area (Å²) in [6, 6.07) is 3.08. The molecule has 148 valence electrons. The number of carbonyl (C=O) groups excluding carboxylic acids is 2. The molecule has 8 nitrogen and oxygen atoms in total. The predicted octanol–water partition coefficient (Wildman–Crippen LogP) is 2.25. The fraction of sp³-hybridized carbons (Fsp3) is 0.684. The van der Waals surface area contributed by atoms with Crippen LogP contribution in [0.5, 0.6) is 5.88 Å². The van der Waals surface area contributed by atoms with Crippen molar-refractivity contribution in [1.82, 2.24) is 20.0 Å². The summed E-state index contributed by atoms with van der Waals surface area (Å²) in [6.07, 6.45) is 4.26. The Bertz CT molecular complexity index is 661. The van der Waals surface area contributed by atoms with Crippen molar-refractivity contribution >= 4 is 12.0 Å². The van der Waals surface area contributed by atoms with E-state index in [0.29, 0.717) is 31.9 Å². The zero-order chi connectivity index (χ0) is 19.4. The molecule has 2 aliphatic rings. The van der Waals surface area contributed by atoms with Gasteiger partial charge in [-0.3, -0.25) is 9.69 Å². The van der Waals surface area contributed by atoms with Crippen LogP contribution in [0.4, 0.5) is 4.79 Å². The van der Waals surface area contributed by atoms with Gasteiger partial charge in [-0.15, -0.1) is 5.10 Å². The average molecular weight is 376 g/mol. The van der Waals surface area contributed by atoms with Crippen LogP contribution in [0, 0.1) is 0 Å². The van der Waals surface area contributed by atoms with Crippen molar-refractivity contribution in [2.45, 2.75) is 64.2 Å². The molecule has 2 saturated heterocycles. The van der Waals surface area contributed by atoms with E-state index >= 15 is 0 Å².